The lowest BCUT2D eigenvalue weighted by Crippen LogP contribution is -2.41. The van der Waals surface area contributed by atoms with E-state index in [0.717, 1.165) is 25.6 Å². The van der Waals surface area contributed by atoms with Gasteiger partial charge < -0.3 is 10.2 Å². The molecule has 0 aromatic carbocycles. The highest BCUT2D eigenvalue weighted by Crippen LogP contribution is 2.14. The van der Waals surface area contributed by atoms with Gasteiger partial charge in [0.05, 0.1) is 0 Å². The Kier molecular flexibility index (Phi) is 4.90. The van der Waals surface area contributed by atoms with Crippen molar-refractivity contribution < 1.29 is 4.79 Å². The van der Waals surface area contributed by atoms with E-state index in [2.05, 4.69) is 27.2 Å². The summed E-state index contributed by atoms with van der Waals surface area (Å²) < 4.78 is 1.57. The van der Waals surface area contributed by atoms with Gasteiger partial charge in [0.1, 0.15) is 18.7 Å². The monoisotopic (exact) mass is 265 g/mol. The number of rotatable bonds is 5. The summed E-state index contributed by atoms with van der Waals surface area (Å²) in [6.07, 6.45) is 5.60. The normalized spacial score (nSPS) is 22.1. The molecule has 1 saturated heterocycles. The highest BCUT2D eigenvalue weighted by atomic mass is 16.2. The van der Waals surface area contributed by atoms with Gasteiger partial charge in [-0.1, -0.05) is 6.92 Å². The van der Waals surface area contributed by atoms with Crippen molar-refractivity contribution in [3.05, 3.63) is 12.7 Å². The van der Waals surface area contributed by atoms with Crippen LogP contribution >= 0.6 is 0 Å². The van der Waals surface area contributed by atoms with Crippen LogP contribution < -0.4 is 5.32 Å². The topological polar surface area (TPSA) is 63.1 Å². The Hall–Kier alpha value is -1.43. The first-order valence-electron chi connectivity index (χ1n) is 7.01. The molecule has 0 spiro atoms. The quantitative estimate of drug-likeness (QED) is 0.850. The Morgan fingerprint density at radius 1 is 1.58 bits per heavy atom. The lowest BCUT2D eigenvalue weighted by molar-refractivity contribution is -0.124. The van der Waals surface area contributed by atoms with Gasteiger partial charge in [-0.25, -0.2) is 9.67 Å². The molecule has 1 amide bonds. The summed E-state index contributed by atoms with van der Waals surface area (Å²) in [4.78, 5) is 18.2. The number of piperidine rings is 1. The number of carbonyl (C=O) groups excluding carboxylic acids is 1. The number of nitrogens with one attached hydrogen (secondary N) is 1. The molecule has 2 unspecified atom stereocenters. The third-order valence-corrected chi connectivity index (χ3v) is 3.68. The minimum atomic E-state index is -0.303. The summed E-state index contributed by atoms with van der Waals surface area (Å²) in [5, 5.41) is 6.94. The second kappa shape index (κ2) is 6.65. The predicted octanol–water partition coefficient (Wildman–Crippen LogP) is 0.687. The van der Waals surface area contributed by atoms with Crippen molar-refractivity contribution in [3.8, 4) is 0 Å². The van der Waals surface area contributed by atoms with Crippen molar-refractivity contribution in [3.63, 3.8) is 0 Å². The number of amides is 1. The molecule has 2 heterocycles. The number of likely N-dealkylation sites (tertiary alicyclic amines) is 1. The molecular formula is C13H23N5O. The van der Waals surface area contributed by atoms with E-state index in [4.69, 9.17) is 0 Å². The standard InChI is InChI=1S/C13H23N5O/c1-11-4-3-6-17(8-11)7-5-15-13(19)12(2)18-10-14-9-16-18/h9-12H,3-8H2,1-2H3,(H,15,19). The Bertz CT molecular complexity index is 392. The van der Waals surface area contributed by atoms with Gasteiger partial charge in [0.15, 0.2) is 0 Å². The average molecular weight is 265 g/mol. The third kappa shape index (κ3) is 4.02. The molecular weight excluding hydrogens is 242 g/mol. The lowest BCUT2D eigenvalue weighted by atomic mass is 10.0. The van der Waals surface area contributed by atoms with Gasteiger partial charge in [-0.15, -0.1) is 0 Å². The van der Waals surface area contributed by atoms with Crippen LogP contribution in [0.4, 0.5) is 0 Å². The molecule has 1 aromatic rings. The molecule has 1 N–H and O–H groups in total. The zero-order chi connectivity index (χ0) is 13.7. The number of nitrogens with zero attached hydrogens (tertiary/aromatic N) is 4. The fraction of sp³-hybridized carbons (Fsp3) is 0.769. The maximum absolute atomic E-state index is 11.9. The van der Waals surface area contributed by atoms with Crippen molar-refractivity contribution in [2.24, 2.45) is 5.92 Å². The SMILES string of the molecule is CC1CCCN(CCNC(=O)C(C)n2cncn2)C1. The molecule has 0 saturated carbocycles. The van der Waals surface area contributed by atoms with E-state index in [0.29, 0.717) is 6.54 Å². The maximum Gasteiger partial charge on any atom is 0.244 e. The molecule has 0 radical (unpaired) electrons. The Balaban J connectivity index is 1.69. The zero-order valence-corrected chi connectivity index (χ0v) is 11.7. The van der Waals surface area contributed by atoms with Gasteiger partial charge in [-0.05, 0) is 32.2 Å². The largest absolute Gasteiger partial charge is 0.353 e. The van der Waals surface area contributed by atoms with Gasteiger partial charge in [0.25, 0.3) is 0 Å². The highest BCUT2D eigenvalue weighted by Gasteiger charge is 2.17. The molecule has 2 rings (SSSR count). The first-order valence-corrected chi connectivity index (χ1v) is 7.01. The van der Waals surface area contributed by atoms with Gasteiger partial charge in [-0.3, -0.25) is 4.79 Å². The average Bonchev–Trinajstić information content (AvgIpc) is 2.91. The Labute approximate surface area is 114 Å². The van der Waals surface area contributed by atoms with Crippen LogP contribution in [-0.2, 0) is 4.79 Å². The second-order valence-corrected chi connectivity index (χ2v) is 5.39. The lowest BCUT2D eigenvalue weighted by Gasteiger charge is -2.30. The predicted molar refractivity (Wildman–Crippen MR) is 72.6 cm³/mol. The van der Waals surface area contributed by atoms with E-state index >= 15 is 0 Å². The molecule has 0 bridgehead atoms. The molecule has 1 aromatic heterocycles. The molecule has 0 aliphatic carbocycles. The number of aromatic nitrogens is 3. The third-order valence-electron chi connectivity index (χ3n) is 3.68. The van der Waals surface area contributed by atoms with Crippen LogP contribution in [0.3, 0.4) is 0 Å². The van der Waals surface area contributed by atoms with E-state index in [-0.39, 0.29) is 11.9 Å². The summed E-state index contributed by atoms with van der Waals surface area (Å²) in [6, 6.07) is -0.303. The summed E-state index contributed by atoms with van der Waals surface area (Å²) in [6.45, 7) is 8.04. The van der Waals surface area contributed by atoms with Gasteiger partial charge >= 0.3 is 0 Å². The Morgan fingerprint density at radius 3 is 3.11 bits per heavy atom. The van der Waals surface area contributed by atoms with Crippen molar-refractivity contribution >= 4 is 5.91 Å². The number of carbonyl (C=O) groups is 1. The van der Waals surface area contributed by atoms with Crippen LogP contribution in [0.5, 0.6) is 0 Å². The van der Waals surface area contributed by atoms with Crippen LogP contribution in [0.2, 0.25) is 0 Å². The highest BCUT2D eigenvalue weighted by molar-refractivity contribution is 5.79. The van der Waals surface area contributed by atoms with E-state index in [1.807, 2.05) is 6.92 Å². The molecule has 6 nitrogen and oxygen atoms in total. The molecule has 1 aliphatic rings. The fourth-order valence-corrected chi connectivity index (χ4v) is 2.51. The van der Waals surface area contributed by atoms with Crippen LogP contribution in [0, 0.1) is 5.92 Å². The molecule has 2 atom stereocenters. The molecule has 1 fully saturated rings. The maximum atomic E-state index is 11.9. The van der Waals surface area contributed by atoms with Crippen molar-refractivity contribution in [2.45, 2.75) is 32.7 Å². The summed E-state index contributed by atoms with van der Waals surface area (Å²) >= 11 is 0. The summed E-state index contributed by atoms with van der Waals surface area (Å²) in [5.74, 6) is 0.772. The first kappa shape index (κ1) is 14.0. The van der Waals surface area contributed by atoms with Gasteiger partial charge in [0, 0.05) is 19.6 Å². The van der Waals surface area contributed by atoms with Gasteiger partial charge in [0.2, 0.25) is 5.91 Å². The Morgan fingerprint density at radius 2 is 2.42 bits per heavy atom. The van der Waals surface area contributed by atoms with Crippen molar-refractivity contribution in [1.82, 2.24) is 25.0 Å². The van der Waals surface area contributed by atoms with E-state index in [9.17, 15) is 4.79 Å². The first-order chi connectivity index (χ1) is 9.16. The molecule has 19 heavy (non-hydrogen) atoms. The minimum absolute atomic E-state index is 0.00411. The van der Waals surface area contributed by atoms with Crippen LogP contribution in [0.15, 0.2) is 12.7 Å². The second-order valence-electron chi connectivity index (χ2n) is 5.39. The summed E-state index contributed by atoms with van der Waals surface area (Å²) in [7, 11) is 0. The van der Waals surface area contributed by atoms with E-state index in [1.165, 1.54) is 19.2 Å². The molecule has 1 aliphatic heterocycles. The van der Waals surface area contributed by atoms with Crippen molar-refractivity contribution in [2.75, 3.05) is 26.2 Å². The van der Waals surface area contributed by atoms with Crippen LogP contribution in [0.1, 0.15) is 32.7 Å². The van der Waals surface area contributed by atoms with E-state index < -0.39 is 0 Å². The van der Waals surface area contributed by atoms with E-state index in [1.54, 1.807) is 11.0 Å². The fourth-order valence-electron chi connectivity index (χ4n) is 2.51. The minimum Gasteiger partial charge on any atom is -0.353 e. The number of hydrogen-bond donors (Lipinski definition) is 1. The molecule has 6 heteroatoms. The smallest absolute Gasteiger partial charge is 0.244 e. The summed E-state index contributed by atoms with van der Waals surface area (Å²) in [5.41, 5.74) is 0. The molecule has 106 valence electrons. The van der Waals surface area contributed by atoms with Crippen molar-refractivity contribution in [1.29, 1.82) is 0 Å². The van der Waals surface area contributed by atoms with Crippen LogP contribution in [-0.4, -0.2) is 51.8 Å². The number of hydrogen-bond acceptors (Lipinski definition) is 4. The van der Waals surface area contributed by atoms with Gasteiger partial charge in [-0.2, -0.15) is 5.10 Å². The zero-order valence-electron chi connectivity index (χ0n) is 11.7. The van der Waals surface area contributed by atoms with Crippen LogP contribution in [0.25, 0.3) is 0 Å².